The summed E-state index contributed by atoms with van der Waals surface area (Å²) in [4.78, 5) is 17.7. The SMILES string of the molecule is O=P(O)(O)CCCCCCCCCCCOc1ccc(C#C[C@]23CC4C[C@H](C[C@@H](C4)C2)C3)cc1F. The van der Waals surface area contributed by atoms with E-state index in [1.807, 2.05) is 6.07 Å². The van der Waals surface area contributed by atoms with Gasteiger partial charge >= 0.3 is 7.60 Å². The highest BCUT2D eigenvalue weighted by atomic mass is 31.2. The normalized spacial score (nSPS) is 27.0. The Bertz CT molecular complexity index is 908. The molecular weight excluding hydrogens is 462 g/mol. The minimum absolute atomic E-state index is 0.00552. The largest absolute Gasteiger partial charge is 0.491 e. The van der Waals surface area contributed by atoms with Crippen molar-refractivity contribution in [3.8, 4) is 17.6 Å². The van der Waals surface area contributed by atoms with E-state index in [-0.39, 0.29) is 17.4 Å². The maximum Gasteiger partial charge on any atom is 0.325 e. The molecule has 0 heterocycles. The van der Waals surface area contributed by atoms with Gasteiger partial charge in [-0.25, -0.2) is 4.39 Å². The van der Waals surface area contributed by atoms with Gasteiger partial charge in [0.15, 0.2) is 11.6 Å². The Kier molecular flexibility index (Phi) is 9.36. The lowest BCUT2D eigenvalue weighted by atomic mass is 9.50. The smallest absolute Gasteiger partial charge is 0.325 e. The van der Waals surface area contributed by atoms with Crippen molar-refractivity contribution in [3.63, 3.8) is 0 Å². The maximum atomic E-state index is 14.6. The molecule has 4 aliphatic carbocycles. The molecule has 4 saturated carbocycles. The molecule has 0 amide bonds. The molecule has 0 saturated heterocycles. The highest BCUT2D eigenvalue weighted by molar-refractivity contribution is 7.51. The summed E-state index contributed by atoms with van der Waals surface area (Å²) in [5.41, 5.74) is 0.943. The van der Waals surface area contributed by atoms with Crippen LogP contribution in [0.1, 0.15) is 102 Å². The van der Waals surface area contributed by atoms with E-state index in [4.69, 9.17) is 14.5 Å². The van der Waals surface area contributed by atoms with Crippen molar-refractivity contribution in [3.05, 3.63) is 29.6 Å². The van der Waals surface area contributed by atoms with Gasteiger partial charge in [0, 0.05) is 17.1 Å². The van der Waals surface area contributed by atoms with E-state index in [9.17, 15) is 8.96 Å². The second kappa shape index (κ2) is 12.3. The van der Waals surface area contributed by atoms with E-state index in [0.29, 0.717) is 18.8 Å². The molecule has 0 atom stereocenters. The summed E-state index contributed by atoms with van der Waals surface area (Å²) in [5, 5.41) is 0. The van der Waals surface area contributed by atoms with E-state index in [1.54, 1.807) is 6.07 Å². The van der Waals surface area contributed by atoms with Crippen LogP contribution in [0.3, 0.4) is 0 Å². The van der Waals surface area contributed by atoms with Gasteiger partial charge in [-0.1, -0.05) is 56.8 Å². The zero-order chi connectivity index (χ0) is 24.7. The van der Waals surface area contributed by atoms with E-state index >= 15 is 0 Å². The number of ether oxygens (including phenoxy) is 1. The summed E-state index contributed by atoms with van der Waals surface area (Å²) in [6.45, 7) is 0.525. The first-order chi connectivity index (χ1) is 16.8. The zero-order valence-corrected chi connectivity index (χ0v) is 21.9. The summed E-state index contributed by atoms with van der Waals surface area (Å²) in [6.07, 6.45) is 17.0. The minimum Gasteiger partial charge on any atom is -0.491 e. The molecule has 0 aliphatic heterocycles. The van der Waals surface area contributed by atoms with Crippen molar-refractivity contribution in [2.45, 2.75) is 96.3 Å². The predicted molar refractivity (Wildman–Crippen MR) is 138 cm³/mol. The van der Waals surface area contributed by atoms with Gasteiger partial charge in [-0.15, -0.1) is 0 Å². The monoisotopic (exact) mass is 504 g/mol. The van der Waals surface area contributed by atoms with Crippen LogP contribution in [0, 0.1) is 40.8 Å². The Labute approximate surface area is 210 Å². The van der Waals surface area contributed by atoms with Gasteiger partial charge < -0.3 is 14.5 Å². The number of benzene rings is 1. The molecule has 2 N–H and O–H groups in total. The molecule has 5 rings (SSSR count). The third kappa shape index (κ3) is 8.34. The number of halogens is 1. The molecule has 1 aromatic rings. The first-order valence-electron chi connectivity index (χ1n) is 13.8. The highest BCUT2D eigenvalue weighted by Crippen LogP contribution is 2.59. The number of rotatable bonds is 13. The summed E-state index contributed by atoms with van der Waals surface area (Å²) in [5.74, 6) is 9.52. The Morgan fingerprint density at radius 2 is 1.43 bits per heavy atom. The van der Waals surface area contributed by atoms with Crippen LogP contribution < -0.4 is 4.74 Å². The quantitative estimate of drug-likeness (QED) is 0.166. The second-order valence-corrected chi connectivity index (χ2v) is 13.3. The molecule has 4 fully saturated rings. The Hall–Kier alpha value is -1.34. The van der Waals surface area contributed by atoms with Crippen LogP contribution in [0.4, 0.5) is 4.39 Å². The van der Waals surface area contributed by atoms with Crippen LogP contribution >= 0.6 is 7.60 Å². The van der Waals surface area contributed by atoms with Gasteiger partial charge in [0.1, 0.15) is 0 Å². The van der Waals surface area contributed by atoms with Crippen molar-refractivity contribution < 1.29 is 23.5 Å². The first-order valence-corrected chi connectivity index (χ1v) is 15.6. The van der Waals surface area contributed by atoms with Gasteiger partial charge in [-0.3, -0.25) is 4.57 Å². The fraction of sp³-hybridized carbons (Fsp3) is 0.724. The summed E-state index contributed by atoms with van der Waals surface area (Å²) < 4.78 is 31.0. The van der Waals surface area contributed by atoms with Crippen molar-refractivity contribution in [1.82, 2.24) is 0 Å². The molecule has 0 aromatic heterocycles. The minimum atomic E-state index is -3.83. The van der Waals surface area contributed by atoms with Gasteiger partial charge in [0.2, 0.25) is 0 Å². The van der Waals surface area contributed by atoms with Crippen LogP contribution in [-0.4, -0.2) is 22.6 Å². The molecule has 194 valence electrons. The van der Waals surface area contributed by atoms with Crippen LogP contribution in [-0.2, 0) is 4.57 Å². The molecule has 0 radical (unpaired) electrons. The fourth-order valence-electron chi connectivity index (χ4n) is 7.00. The Morgan fingerprint density at radius 1 is 0.886 bits per heavy atom. The zero-order valence-electron chi connectivity index (χ0n) is 21.0. The lowest BCUT2D eigenvalue weighted by Gasteiger charge is -2.54. The van der Waals surface area contributed by atoms with Crippen molar-refractivity contribution in [2.24, 2.45) is 23.2 Å². The van der Waals surface area contributed by atoms with Gasteiger partial charge in [0.05, 0.1) is 6.61 Å². The van der Waals surface area contributed by atoms with E-state index in [0.717, 1.165) is 74.7 Å². The van der Waals surface area contributed by atoms with Gasteiger partial charge in [-0.2, -0.15) is 0 Å². The topological polar surface area (TPSA) is 66.8 Å². The Balaban J connectivity index is 1.09. The van der Waals surface area contributed by atoms with E-state index in [1.165, 1.54) is 44.6 Å². The predicted octanol–water partition coefficient (Wildman–Crippen LogP) is 7.46. The van der Waals surface area contributed by atoms with E-state index < -0.39 is 7.60 Å². The summed E-state index contributed by atoms with van der Waals surface area (Å²) in [6, 6.07) is 5.15. The summed E-state index contributed by atoms with van der Waals surface area (Å²) >= 11 is 0. The summed E-state index contributed by atoms with van der Waals surface area (Å²) in [7, 11) is -3.83. The third-order valence-corrected chi connectivity index (χ3v) is 9.19. The van der Waals surface area contributed by atoms with Gasteiger partial charge in [0.25, 0.3) is 0 Å². The average molecular weight is 505 g/mol. The number of hydrogen-bond acceptors (Lipinski definition) is 2. The molecule has 0 spiro atoms. The van der Waals surface area contributed by atoms with Gasteiger partial charge in [-0.05, 0) is 87.3 Å². The molecule has 0 unspecified atom stereocenters. The highest BCUT2D eigenvalue weighted by Gasteiger charge is 2.50. The molecular formula is C29H42FO4P. The van der Waals surface area contributed by atoms with Crippen molar-refractivity contribution in [1.29, 1.82) is 0 Å². The third-order valence-electron chi connectivity index (χ3n) is 8.29. The Morgan fingerprint density at radius 3 is 1.97 bits per heavy atom. The molecule has 1 aromatic carbocycles. The molecule has 35 heavy (non-hydrogen) atoms. The van der Waals surface area contributed by atoms with E-state index in [2.05, 4.69) is 11.8 Å². The standard InChI is InChI=1S/C29H42FO4P/c30-27-19-23(12-13-29-20-24-16-25(21-29)18-26(17-24)22-29)10-11-28(27)34-14-8-6-4-2-1-3-5-7-9-15-35(31,32)33/h10-11,19,24-26H,1-9,14-18,20-22H2,(H2,31,32,33)/t24-,25-,26?,29-/m0/s1. The van der Waals surface area contributed by atoms with Crippen LogP contribution in [0.5, 0.6) is 5.75 Å². The van der Waals surface area contributed by atoms with Crippen LogP contribution in [0.25, 0.3) is 0 Å². The second-order valence-electron chi connectivity index (χ2n) is 11.5. The average Bonchev–Trinajstić information content (AvgIpc) is 2.78. The molecule has 4 aliphatic rings. The van der Waals surface area contributed by atoms with Crippen molar-refractivity contribution in [2.75, 3.05) is 12.8 Å². The maximum absolute atomic E-state index is 14.6. The molecule has 4 nitrogen and oxygen atoms in total. The number of hydrogen-bond donors (Lipinski definition) is 2. The molecule has 6 heteroatoms. The number of unbranched alkanes of at least 4 members (excludes halogenated alkanes) is 8. The first kappa shape index (κ1) is 26.7. The van der Waals surface area contributed by atoms with Crippen molar-refractivity contribution >= 4 is 7.60 Å². The lowest BCUT2D eigenvalue weighted by Crippen LogP contribution is -2.45. The molecule has 4 bridgehead atoms. The fourth-order valence-corrected chi connectivity index (χ4v) is 7.64. The van der Waals surface area contributed by atoms with Crippen LogP contribution in [0.2, 0.25) is 0 Å². The van der Waals surface area contributed by atoms with Crippen LogP contribution in [0.15, 0.2) is 18.2 Å². The lowest BCUT2D eigenvalue weighted by molar-refractivity contribution is -0.0181.